The molecule has 104 valence electrons. The van der Waals surface area contributed by atoms with E-state index in [4.69, 9.17) is 16.7 Å². The molecule has 1 fully saturated rings. The Balaban J connectivity index is 2.04. The molecule has 1 aliphatic heterocycles. The summed E-state index contributed by atoms with van der Waals surface area (Å²) in [6.45, 7) is 1.86. The van der Waals surface area contributed by atoms with Crippen LogP contribution >= 0.6 is 11.6 Å². The van der Waals surface area contributed by atoms with Crippen molar-refractivity contribution in [2.24, 2.45) is 0 Å². The Bertz CT molecular complexity index is 418. The molecular formula is C13H18ClN3O2. The van der Waals surface area contributed by atoms with Crippen LogP contribution < -0.4 is 5.32 Å². The van der Waals surface area contributed by atoms with E-state index in [1.54, 1.807) is 17.0 Å². The Morgan fingerprint density at radius 1 is 1.58 bits per heavy atom. The van der Waals surface area contributed by atoms with Gasteiger partial charge >= 0.3 is 0 Å². The highest BCUT2D eigenvalue weighted by molar-refractivity contribution is 6.30. The van der Waals surface area contributed by atoms with E-state index >= 15 is 0 Å². The molecule has 5 nitrogen and oxygen atoms in total. The fourth-order valence-electron chi connectivity index (χ4n) is 2.24. The molecule has 0 aromatic carbocycles. The van der Waals surface area contributed by atoms with E-state index in [0.717, 1.165) is 19.4 Å². The summed E-state index contributed by atoms with van der Waals surface area (Å²) in [6.07, 6.45) is 3.65. The monoisotopic (exact) mass is 283 g/mol. The smallest absolute Gasteiger partial charge is 0.272 e. The van der Waals surface area contributed by atoms with Gasteiger partial charge in [-0.3, -0.25) is 4.79 Å². The number of hydrogen-bond acceptors (Lipinski definition) is 4. The van der Waals surface area contributed by atoms with Crippen molar-refractivity contribution in [1.82, 2.24) is 15.2 Å². The highest BCUT2D eigenvalue weighted by Crippen LogP contribution is 2.11. The lowest BCUT2D eigenvalue weighted by molar-refractivity contribution is 0.0700. The second-order valence-corrected chi connectivity index (χ2v) is 5.07. The molecule has 2 heterocycles. The van der Waals surface area contributed by atoms with E-state index in [1.807, 2.05) is 0 Å². The predicted molar refractivity (Wildman–Crippen MR) is 73.3 cm³/mol. The zero-order valence-electron chi connectivity index (χ0n) is 10.7. The molecule has 1 aliphatic rings. The first-order chi connectivity index (χ1) is 9.20. The average Bonchev–Trinajstić information content (AvgIpc) is 2.91. The van der Waals surface area contributed by atoms with Gasteiger partial charge < -0.3 is 15.3 Å². The molecule has 2 N–H and O–H groups in total. The Kier molecular flexibility index (Phi) is 5.13. The minimum Gasteiger partial charge on any atom is -0.395 e. The lowest BCUT2D eigenvalue weighted by Gasteiger charge is -2.24. The number of aromatic nitrogens is 1. The zero-order chi connectivity index (χ0) is 13.7. The summed E-state index contributed by atoms with van der Waals surface area (Å²) in [6, 6.07) is 3.56. The average molecular weight is 284 g/mol. The maximum Gasteiger partial charge on any atom is 0.272 e. The number of amides is 1. The van der Waals surface area contributed by atoms with Crippen LogP contribution in [0.4, 0.5) is 0 Å². The Hall–Kier alpha value is -1.17. The first-order valence-electron chi connectivity index (χ1n) is 6.46. The number of nitrogens with one attached hydrogen (secondary N) is 1. The molecule has 0 radical (unpaired) electrons. The van der Waals surface area contributed by atoms with Gasteiger partial charge in [-0.2, -0.15) is 0 Å². The topological polar surface area (TPSA) is 65.5 Å². The van der Waals surface area contributed by atoms with E-state index in [-0.39, 0.29) is 12.5 Å². The predicted octanol–water partition coefficient (Wildman–Crippen LogP) is 0.921. The van der Waals surface area contributed by atoms with Crippen molar-refractivity contribution < 1.29 is 9.90 Å². The van der Waals surface area contributed by atoms with Crippen molar-refractivity contribution in [3.63, 3.8) is 0 Å². The lowest BCUT2D eigenvalue weighted by Crippen LogP contribution is -2.42. The van der Waals surface area contributed by atoms with Crippen LogP contribution in [0.25, 0.3) is 0 Å². The van der Waals surface area contributed by atoms with Crippen LogP contribution in [-0.4, -0.2) is 53.2 Å². The highest BCUT2D eigenvalue weighted by atomic mass is 35.5. The largest absolute Gasteiger partial charge is 0.395 e. The second-order valence-electron chi connectivity index (χ2n) is 4.63. The van der Waals surface area contributed by atoms with Gasteiger partial charge in [0.1, 0.15) is 5.69 Å². The third kappa shape index (κ3) is 3.89. The Morgan fingerprint density at radius 2 is 2.42 bits per heavy atom. The fourth-order valence-corrected chi connectivity index (χ4v) is 2.35. The van der Waals surface area contributed by atoms with Crippen molar-refractivity contribution >= 4 is 17.5 Å². The molecule has 6 heteroatoms. The van der Waals surface area contributed by atoms with Gasteiger partial charge in [-0.05, 0) is 31.5 Å². The number of pyridine rings is 1. The molecule has 0 saturated carbocycles. The van der Waals surface area contributed by atoms with E-state index in [0.29, 0.717) is 29.8 Å². The molecule has 0 bridgehead atoms. The summed E-state index contributed by atoms with van der Waals surface area (Å²) in [7, 11) is 0. The van der Waals surface area contributed by atoms with Crippen molar-refractivity contribution in [3.8, 4) is 0 Å². The van der Waals surface area contributed by atoms with Crippen molar-refractivity contribution in [2.75, 3.05) is 26.2 Å². The number of halogens is 1. The molecule has 1 unspecified atom stereocenters. The maximum absolute atomic E-state index is 12.3. The molecule has 19 heavy (non-hydrogen) atoms. The third-order valence-corrected chi connectivity index (χ3v) is 3.43. The highest BCUT2D eigenvalue weighted by Gasteiger charge is 2.22. The normalized spacial score (nSPS) is 18.5. The van der Waals surface area contributed by atoms with Gasteiger partial charge in [0, 0.05) is 25.3 Å². The summed E-state index contributed by atoms with van der Waals surface area (Å²) in [5, 5.41) is 12.9. The van der Waals surface area contributed by atoms with E-state index < -0.39 is 0 Å². The number of hydrogen-bond donors (Lipinski definition) is 2. The summed E-state index contributed by atoms with van der Waals surface area (Å²) in [5.74, 6) is -0.167. The molecule has 0 aliphatic carbocycles. The number of rotatable bonds is 5. The summed E-state index contributed by atoms with van der Waals surface area (Å²) in [5.41, 5.74) is 0.357. The molecule has 1 atom stereocenters. The molecule has 1 saturated heterocycles. The minimum absolute atomic E-state index is 0.0496. The van der Waals surface area contributed by atoms with Crippen LogP contribution in [0.5, 0.6) is 0 Å². The van der Waals surface area contributed by atoms with Crippen LogP contribution in [-0.2, 0) is 0 Å². The Morgan fingerprint density at radius 3 is 3.00 bits per heavy atom. The zero-order valence-corrected chi connectivity index (χ0v) is 11.4. The minimum atomic E-state index is -0.167. The van der Waals surface area contributed by atoms with Crippen LogP contribution in [0, 0.1) is 0 Å². The van der Waals surface area contributed by atoms with Crippen molar-refractivity contribution in [3.05, 3.63) is 29.0 Å². The lowest BCUT2D eigenvalue weighted by atomic mass is 10.2. The number of nitrogens with zero attached hydrogens (tertiary/aromatic N) is 2. The third-order valence-electron chi connectivity index (χ3n) is 3.21. The van der Waals surface area contributed by atoms with Crippen LogP contribution in [0.1, 0.15) is 23.3 Å². The Labute approximate surface area is 117 Å². The summed E-state index contributed by atoms with van der Waals surface area (Å²) in [4.78, 5) is 18.0. The maximum atomic E-state index is 12.3. The van der Waals surface area contributed by atoms with Crippen LogP contribution in [0.3, 0.4) is 0 Å². The number of aliphatic hydroxyl groups is 1. The molecule has 1 amide bonds. The van der Waals surface area contributed by atoms with Gasteiger partial charge in [0.25, 0.3) is 5.91 Å². The van der Waals surface area contributed by atoms with Gasteiger partial charge in [0.15, 0.2) is 0 Å². The molecule has 2 rings (SSSR count). The standard InChI is InChI=1S/C13H18ClN3O2/c14-10-3-4-12(16-8-10)13(19)17(6-7-18)9-11-2-1-5-15-11/h3-4,8,11,15,18H,1-2,5-7,9H2. The van der Waals surface area contributed by atoms with Gasteiger partial charge in [0.05, 0.1) is 11.6 Å². The van der Waals surface area contributed by atoms with Gasteiger partial charge in [0.2, 0.25) is 0 Å². The second kappa shape index (κ2) is 6.84. The molecular weight excluding hydrogens is 266 g/mol. The number of carbonyl (C=O) groups excluding carboxylic acids is 1. The van der Waals surface area contributed by atoms with Crippen LogP contribution in [0.2, 0.25) is 5.02 Å². The van der Waals surface area contributed by atoms with Crippen molar-refractivity contribution in [2.45, 2.75) is 18.9 Å². The van der Waals surface area contributed by atoms with Gasteiger partial charge in [-0.25, -0.2) is 4.98 Å². The van der Waals surface area contributed by atoms with E-state index in [2.05, 4.69) is 10.3 Å². The SMILES string of the molecule is O=C(c1ccc(Cl)cn1)N(CCO)CC1CCCN1. The molecule has 1 aromatic rings. The van der Waals surface area contributed by atoms with E-state index in [9.17, 15) is 4.79 Å². The van der Waals surface area contributed by atoms with Gasteiger partial charge in [-0.15, -0.1) is 0 Å². The van der Waals surface area contributed by atoms with Crippen molar-refractivity contribution in [1.29, 1.82) is 0 Å². The van der Waals surface area contributed by atoms with E-state index in [1.165, 1.54) is 6.20 Å². The number of aliphatic hydroxyl groups excluding tert-OH is 1. The molecule has 0 spiro atoms. The number of carbonyl (C=O) groups is 1. The van der Waals surface area contributed by atoms with Crippen LogP contribution in [0.15, 0.2) is 18.3 Å². The van der Waals surface area contributed by atoms with Gasteiger partial charge in [-0.1, -0.05) is 11.6 Å². The first-order valence-corrected chi connectivity index (χ1v) is 6.83. The quantitative estimate of drug-likeness (QED) is 0.843. The summed E-state index contributed by atoms with van der Waals surface area (Å²) < 4.78 is 0. The molecule has 1 aromatic heterocycles. The summed E-state index contributed by atoms with van der Waals surface area (Å²) >= 11 is 5.76. The first kappa shape index (κ1) is 14.2. The fraction of sp³-hybridized carbons (Fsp3) is 0.538.